The van der Waals surface area contributed by atoms with Crippen LogP contribution >= 0.6 is 0 Å². The van der Waals surface area contributed by atoms with Crippen molar-refractivity contribution < 1.29 is 27.4 Å². The molecule has 262 valence electrons. The Bertz CT molecular complexity index is 2000. The van der Waals surface area contributed by atoms with Crippen LogP contribution in [0, 0.1) is 24.6 Å². The summed E-state index contributed by atoms with van der Waals surface area (Å²) in [5, 5.41) is 5.02. The highest BCUT2D eigenvalue weighted by Gasteiger charge is 2.40. The number of nitrogens with one attached hydrogen (secondary N) is 1. The maximum Gasteiger partial charge on any atom is 0.272 e. The molecule has 1 saturated carbocycles. The standard InChI is InChI=1S/C34H33F3N6O3.C4H8/c1-18-8-23(46-30-5-3-2-4-25(30)35)6-7-28(18)43-34(39)24(14-40-43)33(44)27-11-19-12-31(45-17-32(36)37)29(13-26(19)41-27)42-15-20-9-22(38)10-21(20)16-42;1-3-4-2/h2-8,11-14,20-22,32,41H,9-10,15-17,38-39H2,1H3;3-4H,1-2H3. The maximum atomic E-state index is 14.1. The fourth-order valence-corrected chi connectivity index (χ4v) is 6.78. The number of allylic oxidation sites excluding steroid dienone is 2. The Hall–Kier alpha value is -5.23. The largest absolute Gasteiger partial charge is 0.485 e. The number of halogens is 3. The number of fused-ring (bicyclic) bond motifs is 2. The Morgan fingerprint density at radius 2 is 1.74 bits per heavy atom. The quantitative estimate of drug-likeness (QED) is 0.107. The summed E-state index contributed by atoms with van der Waals surface area (Å²) in [6.07, 6.45) is 4.67. The number of ether oxygens (including phenoxy) is 2. The zero-order chi connectivity index (χ0) is 35.5. The van der Waals surface area contributed by atoms with E-state index in [1.54, 1.807) is 42.5 Å². The van der Waals surface area contributed by atoms with Gasteiger partial charge in [0.05, 0.1) is 28.8 Å². The van der Waals surface area contributed by atoms with Crippen LogP contribution in [0.1, 0.15) is 48.3 Å². The van der Waals surface area contributed by atoms with Crippen molar-refractivity contribution in [2.24, 2.45) is 17.6 Å². The summed E-state index contributed by atoms with van der Waals surface area (Å²) in [5.74, 6) is 1.07. The highest BCUT2D eigenvalue weighted by molar-refractivity contribution is 6.12. The molecule has 0 amide bonds. The zero-order valence-electron chi connectivity index (χ0n) is 28.2. The number of carbonyl (C=O) groups is 1. The molecular formula is C38H41F3N6O3. The number of rotatable bonds is 9. The monoisotopic (exact) mass is 686 g/mol. The van der Waals surface area contributed by atoms with E-state index in [0.717, 1.165) is 31.5 Å². The first-order valence-electron chi connectivity index (χ1n) is 16.6. The molecule has 1 aliphatic carbocycles. The number of nitrogens with zero attached hydrogens (tertiary/aromatic N) is 3. The molecule has 5 aromatic rings. The smallest absolute Gasteiger partial charge is 0.272 e. The molecule has 2 unspecified atom stereocenters. The minimum Gasteiger partial charge on any atom is -0.485 e. The van der Waals surface area contributed by atoms with Crippen LogP contribution in [-0.2, 0) is 0 Å². The summed E-state index contributed by atoms with van der Waals surface area (Å²) < 4.78 is 53.1. The molecule has 3 aromatic carbocycles. The number of nitrogen functional groups attached to an aromatic ring is 1. The maximum absolute atomic E-state index is 14.1. The van der Waals surface area contributed by atoms with Crippen molar-refractivity contribution in [2.75, 3.05) is 30.3 Å². The summed E-state index contributed by atoms with van der Waals surface area (Å²) in [6.45, 7) is 6.64. The lowest BCUT2D eigenvalue weighted by Crippen LogP contribution is -2.25. The Labute approximate surface area is 288 Å². The number of aromatic amines is 1. The fraction of sp³-hybridized carbons (Fsp3) is 0.316. The van der Waals surface area contributed by atoms with E-state index in [0.29, 0.717) is 45.6 Å². The van der Waals surface area contributed by atoms with E-state index in [9.17, 15) is 18.0 Å². The SMILES string of the molecule is CC=CC.Cc1cc(Oc2ccccc2F)ccc1-n1ncc(C(=O)c2cc3cc(OCC(F)F)c(N4CC5CC(N)CC5C4)cc3[nH]2)c1N. The normalized spacial score (nSPS) is 18.5. The van der Waals surface area contributed by atoms with Crippen LogP contribution in [0.3, 0.4) is 0 Å². The number of carbonyl (C=O) groups excluding carboxylic acids is 1. The van der Waals surface area contributed by atoms with Crippen molar-refractivity contribution in [1.82, 2.24) is 14.8 Å². The van der Waals surface area contributed by atoms with Gasteiger partial charge in [0, 0.05) is 30.0 Å². The molecule has 2 aliphatic rings. The minimum absolute atomic E-state index is 0.104. The third-order valence-corrected chi connectivity index (χ3v) is 9.28. The first kappa shape index (κ1) is 34.6. The van der Waals surface area contributed by atoms with Gasteiger partial charge in [-0.25, -0.2) is 17.9 Å². The second-order valence-electron chi connectivity index (χ2n) is 12.8. The van der Waals surface area contributed by atoms with Gasteiger partial charge in [-0.3, -0.25) is 4.79 Å². The predicted octanol–water partition coefficient (Wildman–Crippen LogP) is 7.81. The topological polar surface area (TPSA) is 124 Å². The van der Waals surface area contributed by atoms with Crippen molar-refractivity contribution in [3.8, 4) is 22.9 Å². The van der Waals surface area contributed by atoms with Gasteiger partial charge in [0.15, 0.2) is 11.6 Å². The summed E-state index contributed by atoms with van der Waals surface area (Å²) in [4.78, 5) is 19.0. The van der Waals surface area contributed by atoms with Crippen molar-refractivity contribution >= 4 is 28.2 Å². The van der Waals surface area contributed by atoms with Crippen molar-refractivity contribution in [3.63, 3.8) is 0 Å². The van der Waals surface area contributed by atoms with Gasteiger partial charge in [0.1, 0.15) is 23.9 Å². The Balaban J connectivity index is 0.00000103. The number of H-pyrrole nitrogens is 1. The first-order valence-corrected chi connectivity index (χ1v) is 16.6. The van der Waals surface area contributed by atoms with E-state index in [2.05, 4.69) is 15.0 Å². The molecule has 0 spiro atoms. The molecule has 7 rings (SSSR count). The van der Waals surface area contributed by atoms with Gasteiger partial charge in [-0.2, -0.15) is 5.10 Å². The van der Waals surface area contributed by atoms with Crippen LogP contribution in [-0.4, -0.2) is 52.7 Å². The summed E-state index contributed by atoms with van der Waals surface area (Å²) >= 11 is 0. The first-order chi connectivity index (χ1) is 24.1. The molecule has 3 heterocycles. The average molecular weight is 687 g/mol. The lowest BCUT2D eigenvalue weighted by molar-refractivity contribution is 0.0822. The molecule has 2 atom stereocenters. The third kappa shape index (κ3) is 7.20. The number of aromatic nitrogens is 3. The number of benzene rings is 3. The Morgan fingerprint density at radius 3 is 2.40 bits per heavy atom. The average Bonchev–Trinajstić information content (AvgIpc) is 3.86. The van der Waals surface area contributed by atoms with Gasteiger partial charge in [-0.05, 0) is 99.5 Å². The van der Waals surface area contributed by atoms with Crippen molar-refractivity contribution in [3.05, 3.63) is 102 Å². The number of anilines is 2. The van der Waals surface area contributed by atoms with Crippen molar-refractivity contribution in [1.29, 1.82) is 0 Å². The second-order valence-corrected chi connectivity index (χ2v) is 12.8. The van der Waals surface area contributed by atoms with E-state index < -0.39 is 18.8 Å². The van der Waals surface area contributed by atoms with E-state index in [1.807, 2.05) is 39.0 Å². The van der Waals surface area contributed by atoms with Gasteiger partial charge in [0.25, 0.3) is 6.43 Å². The van der Waals surface area contributed by atoms with Gasteiger partial charge < -0.3 is 30.8 Å². The number of hydrogen-bond acceptors (Lipinski definition) is 7. The Morgan fingerprint density at radius 1 is 1.02 bits per heavy atom. The second kappa shape index (κ2) is 14.7. The molecule has 12 heteroatoms. The molecule has 50 heavy (non-hydrogen) atoms. The van der Waals surface area contributed by atoms with E-state index in [4.69, 9.17) is 20.9 Å². The van der Waals surface area contributed by atoms with Gasteiger partial charge in [0.2, 0.25) is 5.78 Å². The number of para-hydroxylation sites is 1. The molecular weight excluding hydrogens is 645 g/mol. The highest BCUT2D eigenvalue weighted by atomic mass is 19.3. The van der Waals surface area contributed by atoms with E-state index in [1.165, 1.54) is 23.0 Å². The summed E-state index contributed by atoms with van der Waals surface area (Å²) in [5.41, 5.74) is 15.8. The highest BCUT2D eigenvalue weighted by Crippen LogP contribution is 2.43. The molecule has 1 aliphatic heterocycles. The molecule has 5 N–H and O–H groups in total. The lowest BCUT2D eigenvalue weighted by atomic mass is 10.0. The molecule has 0 bridgehead atoms. The number of nitrogens with two attached hydrogens (primary N) is 2. The van der Waals surface area contributed by atoms with Crippen LogP contribution in [0.5, 0.6) is 17.2 Å². The number of alkyl halides is 2. The van der Waals surface area contributed by atoms with Gasteiger partial charge >= 0.3 is 0 Å². The molecule has 2 aromatic heterocycles. The van der Waals surface area contributed by atoms with Crippen LogP contribution in [0.4, 0.5) is 24.7 Å². The Kier molecular flexibility index (Phi) is 10.2. The number of aryl methyl sites for hydroxylation is 1. The van der Waals surface area contributed by atoms with E-state index >= 15 is 0 Å². The van der Waals surface area contributed by atoms with Gasteiger partial charge in [-0.15, -0.1) is 0 Å². The molecule has 0 radical (unpaired) electrons. The molecule has 2 fully saturated rings. The van der Waals surface area contributed by atoms with Crippen LogP contribution in [0.15, 0.2) is 79.0 Å². The molecule has 1 saturated heterocycles. The molecule has 9 nitrogen and oxygen atoms in total. The van der Waals surface area contributed by atoms with Crippen LogP contribution in [0.25, 0.3) is 16.6 Å². The van der Waals surface area contributed by atoms with Gasteiger partial charge in [-0.1, -0.05) is 24.3 Å². The van der Waals surface area contributed by atoms with Crippen LogP contribution < -0.4 is 25.8 Å². The summed E-state index contributed by atoms with van der Waals surface area (Å²) in [7, 11) is 0. The van der Waals surface area contributed by atoms with E-state index in [-0.39, 0.29) is 34.6 Å². The van der Waals surface area contributed by atoms with Crippen molar-refractivity contribution in [2.45, 2.75) is 46.1 Å². The fourth-order valence-electron chi connectivity index (χ4n) is 6.78. The number of hydrogen-bond donors (Lipinski definition) is 3. The lowest BCUT2D eigenvalue weighted by Gasteiger charge is -2.23. The minimum atomic E-state index is -2.62. The zero-order valence-corrected chi connectivity index (χ0v) is 28.2. The third-order valence-electron chi connectivity index (χ3n) is 9.28. The number of ketones is 1. The predicted molar refractivity (Wildman–Crippen MR) is 189 cm³/mol. The summed E-state index contributed by atoms with van der Waals surface area (Å²) in [6, 6.07) is 16.7. The van der Waals surface area contributed by atoms with Crippen LogP contribution in [0.2, 0.25) is 0 Å².